The maximum Gasteiger partial charge on any atom is 0.131 e. The van der Waals surface area contributed by atoms with E-state index in [4.69, 9.17) is 0 Å². The minimum atomic E-state index is -1.63. The number of allylic oxidation sites excluding steroid dienone is 2. The molecule has 76 valence electrons. The first-order valence-corrected chi connectivity index (χ1v) is 11.8. The lowest BCUT2D eigenvalue weighted by Gasteiger charge is -2.25. The molecule has 3 heteroatoms. The van der Waals surface area contributed by atoms with Gasteiger partial charge in [0, 0.05) is 0 Å². The van der Waals surface area contributed by atoms with E-state index >= 15 is 0 Å². The van der Waals surface area contributed by atoms with Gasteiger partial charge in [-0.1, -0.05) is 45.4 Å². The van der Waals surface area contributed by atoms with Crippen LogP contribution in [0, 0.1) is 0 Å². The second kappa shape index (κ2) is 3.92. The summed E-state index contributed by atoms with van der Waals surface area (Å²) < 4.78 is 0. The number of carbonyl (C=O) groups excluding carboxylic acids is 1. The summed E-state index contributed by atoms with van der Waals surface area (Å²) in [5.41, 5.74) is 0. The molecule has 0 amide bonds. The van der Waals surface area contributed by atoms with Crippen molar-refractivity contribution < 1.29 is 4.79 Å². The Morgan fingerprint density at radius 3 is 1.38 bits per heavy atom. The van der Waals surface area contributed by atoms with Crippen LogP contribution in [0.4, 0.5) is 0 Å². The molecule has 0 aliphatic carbocycles. The standard InChI is InChI=1S/C10H22OSi2/c1-8-9(12(2,3)4)10(11)13(5,6)7/h8H,1-7H3/b9-8-. The third kappa shape index (κ3) is 3.60. The zero-order valence-corrected chi connectivity index (χ0v) is 12.0. The molecule has 0 aliphatic rings. The lowest BCUT2D eigenvalue weighted by molar-refractivity contribution is -0.109. The van der Waals surface area contributed by atoms with Crippen molar-refractivity contribution in [3.05, 3.63) is 11.3 Å². The van der Waals surface area contributed by atoms with Gasteiger partial charge in [0.05, 0.1) is 8.07 Å². The Labute approximate surface area is 84.3 Å². The Morgan fingerprint density at radius 1 is 0.923 bits per heavy atom. The molecule has 0 aromatic heterocycles. The average molecular weight is 214 g/mol. The summed E-state index contributed by atoms with van der Waals surface area (Å²) in [6, 6.07) is 0. The summed E-state index contributed by atoms with van der Waals surface area (Å²) in [6.07, 6.45) is 2.03. The van der Waals surface area contributed by atoms with E-state index in [1.807, 2.05) is 13.0 Å². The van der Waals surface area contributed by atoms with Gasteiger partial charge in [-0.2, -0.15) is 0 Å². The van der Waals surface area contributed by atoms with E-state index in [0.29, 0.717) is 5.41 Å². The lowest BCUT2D eigenvalue weighted by Crippen LogP contribution is -2.42. The predicted octanol–water partition coefficient (Wildman–Crippen LogP) is 3.26. The monoisotopic (exact) mass is 214 g/mol. The zero-order valence-electron chi connectivity index (χ0n) is 9.99. The fourth-order valence-corrected chi connectivity index (χ4v) is 6.06. The van der Waals surface area contributed by atoms with E-state index < -0.39 is 16.1 Å². The summed E-state index contributed by atoms with van der Waals surface area (Å²) in [5.74, 6) is 0. The van der Waals surface area contributed by atoms with Gasteiger partial charge in [-0.25, -0.2) is 0 Å². The van der Waals surface area contributed by atoms with Gasteiger partial charge in [0.2, 0.25) is 0 Å². The van der Waals surface area contributed by atoms with Crippen LogP contribution >= 0.6 is 0 Å². The minimum absolute atomic E-state index is 0.453. The van der Waals surface area contributed by atoms with Crippen LogP contribution in [-0.4, -0.2) is 21.6 Å². The van der Waals surface area contributed by atoms with E-state index in [0.717, 1.165) is 5.20 Å². The molecule has 0 aliphatic heterocycles. The zero-order chi connectivity index (χ0) is 10.9. The van der Waals surface area contributed by atoms with Crippen LogP contribution in [0.3, 0.4) is 0 Å². The van der Waals surface area contributed by atoms with Crippen LogP contribution in [0.15, 0.2) is 11.3 Å². The molecule has 0 unspecified atom stereocenters. The molecular weight excluding hydrogens is 192 g/mol. The molecule has 0 aromatic carbocycles. The molecule has 0 radical (unpaired) electrons. The summed E-state index contributed by atoms with van der Waals surface area (Å²) in [4.78, 5) is 12.1. The number of rotatable bonds is 3. The van der Waals surface area contributed by atoms with Gasteiger partial charge >= 0.3 is 0 Å². The van der Waals surface area contributed by atoms with Crippen molar-refractivity contribution in [3.63, 3.8) is 0 Å². The first-order chi connectivity index (χ1) is 5.60. The van der Waals surface area contributed by atoms with E-state index in [-0.39, 0.29) is 0 Å². The second-order valence-electron chi connectivity index (χ2n) is 5.53. The molecule has 0 saturated heterocycles. The molecule has 0 fully saturated rings. The molecular formula is C10H22OSi2. The Kier molecular flexibility index (Phi) is 3.87. The smallest absolute Gasteiger partial charge is 0.131 e. The lowest BCUT2D eigenvalue weighted by atomic mass is 10.5. The molecule has 0 atom stereocenters. The summed E-state index contributed by atoms with van der Waals surface area (Å²) >= 11 is 0. The second-order valence-corrected chi connectivity index (χ2v) is 15.5. The third-order valence-electron chi connectivity index (χ3n) is 2.02. The Hall–Kier alpha value is -0.156. The van der Waals surface area contributed by atoms with E-state index in [9.17, 15) is 4.79 Å². The molecule has 0 heterocycles. The SMILES string of the molecule is C/C=C(/C(=O)[Si](C)(C)C)[Si](C)(C)C. The van der Waals surface area contributed by atoms with Crippen LogP contribution in [0.5, 0.6) is 0 Å². The molecule has 0 N–H and O–H groups in total. The van der Waals surface area contributed by atoms with Gasteiger partial charge in [0.15, 0.2) is 0 Å². The Bertz CT molecular complexity index is 228. The molecule has 0 bridgehead atoms. The molecule has 0 spiro atoms. The van der Waals surface area contributed by atoms with E-state index in [1.54, 1.807) is 0 Å². The van der Waals surface area contributed by atoms with Crippen molar-refractivity contribution in [2.24, 2.45) is 0 Å². The van der Waals surface area contributed by atoms with Gasteiger partial charge in [-0.05, 0) is 12.1 Å². The van der Waals surface area contributed by atoms with Crippen molar-refractivity contribution in [1.29, 1.82) is 0 Å². The van der Waals surface area contributed by atoms with Crippen molar-refractivity contribution in [2.45, 2.75) is 46.2 Å². The first kappa shape index (κ1) is 12.8. The quantitative estimate of drug-likeness (QED) is 0.521. The van der Waals surface area contributed by atoms with Crippen LogP contribution < -0.4 is 0 Å². The van der Waals surface area contributed by atoms with E-state index in [2.05, 4.69) is 39.3 Å². The minimum Gasteiger partial charge on any atom is -0.301 e. The highest BCUT2D eigenvalue weighted by Crippen LogP contribution is 2.20. The van der Waals surface area contributed by atoms with Gasteiger partial charge in [0.25, 0.3) is 0 Å². The van der Waals surface area contributed by atoms with E-state index in [1.165, 1.54) is 0 Å². The topological polar surface area (TPSA) is 17.1 Å². The summed E-state index contributed by atoms with van der Waals surface area (Å²) in [7, 11) is -3.04. The van der Waals surface area contributed by atoms with Gasteiger partial charge in [-0.15, -0.1) is 0 Å². The van der Waals surface area contributed by atoms with Crippen molar-refractivity contribution in [3.8, 4) is 0 Å². The summed E-state index contributed by atoms with van der Waals surface area (Å²) in [6.45, 7) is 15.1. The summed E-state index contributed by atoms with van der Waals surface area (Å²) in [5, 5.41) is 1.58. The van der Waals surface area contributed by atoms with Crippen molar-refractivity contribution in [1.82, 2.24) is 0 Å². The Morgan fingerprint density at radius 2 is 1.31 bits per heavy atom. The third-order valence-corrected chi connectivity index (χ3v) is 6.04. The molecule has 0 rings (SSSR count). The first-order valence-electron chi connectivity index (χ1n) is 4.82. The fraction of sp³-hybridized carbons (Fsp3) is 0.700. The average Bonchev–Trinajstić information content (AvgIpc) is 1.83. The van der Waals surface area contributed by atoms with Gasteiger partial charge in [-0.3, -0.25) is 0 Å². The molecule has 13 heavy (non-hydrogen) atoms. The highest BCUT2D eigenvalue weighted by Gasteiger charge is 2.33. The molecule has 1 nitrogen and oxygen atoms in total. The highest BCUT2D eigenvalue weighted by molar-refractivity contribution is 7.10. The van der Waals surface area contributed by atoms with Crippen molar-refractivity contribution >= 4 is 21.6 Å². The number of carbonyl (C=O) groups is 1. The largest absolute Gasteiger partial charge is 0.301 e. The highest BCUT2D eigenvalue weighted by atomic mass is 28.3. The maximum absolute atomic E-state index is 12.1. The van der Waals surface area contributed by atoms with Gasteiger partial charge in [0.1, 0.15) is 13.5 Å². The fourth-order valence-electron chi connectivity index (χ4n) is 1.31. The number of hydrogen-bond acceptors (Lipinski definition) is 1. The predicted molar refractivity (Wildman–Crippen MR) is 65.5 cm³/mol. The van der Waals surface area contributed by atoms with Crippen LogP contribution in [-0.2, 0) is 4.79 Å². The normalized spacial score (nSPS) is 14.5. The van der Waals surface area contributed by atoms with Crippen molar-refractivity contribution in [2.75, 3.05) is 0 Å². The Balaban J connectivity index is 4.97. The van der Waals surface area contributed by atoms with Crippen LogP contribution in [0.25, 0.3) is 0 Å². The number of hydrogen-bond donors (Lipinski definition) is 0. The molecule has 0 aromatic rings. The molecule has 0 saturated carbocycles. The van der Waals surface area contributed by atoms with Crippen LogP contribution in [0.2, 0.25) is 39.3 Å². The van der Waals surface area contributed by atoms with Gasteiger partial charge < -0.3 is 4.79 Å². The van der Waals surface area contributed by atoms with Crippen LogP contribution in [0.1, 0.15) is 6.92 Å². The maximum atomic E-state index is 12.1.